The second-order valence-electron chi connectivity index (χ2n) is 17.0. The van der Waals surface area contributed by atoms with E-state index in [1.807, 2.05) is 72.8 Å². The number of nitrogens with zero attached hydrogens (tertiary/aromatic N) is 3. The van der Waals surface area contributed by atoms with Crippen molar-refractivity contribution in [2.24, 2.45) is 0 Å². The first-order valence-electron chi connectivity index (χ1n) is 23.9. The van der Waals surface area contributed by atoms with Gasteiger partial charge in [-0.3, -0.25) is 0 Å². The topological polar surface area (TPSA) is 74.8 Å². The van der Waals surface area contributed by atoms with E-state index >= 15 is 0 Å². The maximum atomic E-state index is 13.9. The lowest BCUT2D eigenvalue weighted by atomic mass is 10.1. The van der Waals surface area contributed by atoms with Crippen molar-refractivity contribution in [3.8, 4) is 33.8 Å². The number of nitrogens with one attached hydrogen (secondary N) is 3. The van der Waals surface area contributed by atoms with Crippen LogP contribution in [0.5, 0.6) is 0 Å². The Morgan fingerprint density at radius 2 is 0.635 bits per heavy atom. The Bertz CT molecular complexity index is 3050. The maximum Gasteiger partial charge on any atom is 0.131 e. The maximum absolute atomic E-state index is 13.9. The van der Waals surface area contributed by atoms with Gasteiger partial charge in [0, 0.05) is 84.7 Å². The van der Waals surface area contributed by atoms with E-state index in [2.05, 4.69) is 72.4 Å². The fourth-order valence-corrected chi connectivity index (χ4v) is 10.4. The van der Waals surface area contributed by atoms with Crippen LogP contribution in [-0.4, -0.2) is 15.0 Å². The number of anilines is 3. The molecule has 6 aromatic carbocycles. The Morgan fingerprint density at radius 3 is 0.878 bits per heavy atom. The lowest BCUT2D eigenvalue weighted by Gasteiger charge is -2.10. The van der Waals surface area contributed by atoms with E-state index in [1.165, 1.54) is 63.2 Å². The summed E-state index contributed by atoms with van der Waals surface area (Å²) >= 11 is 5.14. The summed E-state index contributed by atoms with van der Waals surface area (Å²) in [6.07, 6.45) is 2.79. The first kappa shape index (κ1) is 56.5. The Balaban J connectivity index is 0.000000180. The highest BCUT2D eigenvalue weighted by Crippen LogP contribution is 2.32. The fourth-order valence-electron chi connectivity index (χ4n) is 7.72. The predicted molar refractivity (Wildman–Crippen MR) is 298 cm³/mol. The van der Waals surface area contributed by atoms with Gasteiger partial charge < -0.3 is 16.0 Å². The molecule has 0 amide bonds. The van der Waals surface area contributed by atoms with Crippen LogP contribution in [0.4, 0.5) is 43.4 Å². The van der Waals surface area contributed by atoms with Crippen molar-refractivity contribution < 1.29 is 26.3 Å². The second-order valence-corrected chi connectivity index (χ2v) is 20.9. The predicted octanol–water partition coefficient (Wildman–Crippen LogP) is 17.7. The van der Waals surface area contributed by atoms with Crippen LogP contribution in [0.15, 0.2) is 121 Å². The van der Waals surface area contributed by atoms with Crippen LogP contribution in [0.25, 0.3) is 33.8 Å². The Hall–Kier alpha value is -6.81. The van der Waals surface area contributed by atoms with Gasteiger partial charge in [0.25, 0.3) is 0 Å². The molecule has 386 valence electrons. The van der Waals surface area contributed by atoms with E-state index in [9.17, 15) is 26.3 Å². The van der Waals surface area contributed by atoms with Gasteiger partial charge in [-0.2, -0.15) is 0 Å². The number of rotatable bonds is 15. The Labute approximate surface area is 442 Å². The summed E-state index contributed by atoms with van der Waals surface area (Å²) in [4.78, 5) is 17.5. The third-order valence-corrected chi connectivity index (χ3v) is 15.1. The van der Waals surface area contributed by atoms with Crippen LogP contribution in [0.3, 0.4) is 0 Å². The number of hydrogen-bond acceptors (Lipinski definition) is 9. The van der Waals surface area contributed by atoms with Gasteiger partial charge in [0.1, 0.15) is 34.9 Å². The zero-order valence-electron chi connectivity index (χ0n) is 41.6. The highest BCUT2D eigenvalue weighted by Gasteiger charge is 2.15. The molecule has 3 heterocycles. The normalized spacial score (nSPS) is 10.7. The minimum Gasteiger partial charge on any atom is -0.381 e. The van der Waals surface area contributed by atoms with Crippen LogP contribution in [0.1, 0.15) is 80.1 Å². The number of benzene rings is 6. The summed E-state index contributed by atoms with van der Waals surface area (Å²) in [5.41, 5.74) is 9.31. The van der Waals surface area contributed by atoms with Gasteiger partial charge in [-0.05, 0) is 125 Å². The number of aromatic nitrogens is 3. The molecule has 74 heavy (non-hydrogen) atoms. The van der Waals surface area contributed by atoms with E-state index in [-0.39, 0.29) is 43.8 Å². The average molecular weight is 1060 g/mol. The fraction of sp³-hybridized carbons (Fsp3) is 0.237. The summed E-state index contributed by atoms with van der Waals surface area (Å²) in [6, 6.07) is 33.7. The Morgan fingerprint density at radius 1 is 0.378 bits per heavy atom. The molecular weight excluding hydrogens is 1000 g/mol. The first-order chi connectivity index (χ1) is 35.1. The van der Waals surface area contributed by atoms with Crippen LogP contribution < -0.4 is 16.0 Å². The molecule has 0 radical (unpaired) electrons. The number of aryl methyl sites for hydroxylation is 7. The monoisotopic (exact) mass is 1060 g/mol. The molecule has 0 aliphatic carbocycles. The average Bonchev–Trinajstić information content (AvgIpc) is 4.09. The molecule has 6 nitrogen and oxygen atoms in total. The van der Waals surface area contributed by atoms with Gasteiger partial charge in [-0.1, -0.05) is 76.7 Å². The minimum atomic E-state index is -0.538. The molecule has 15 heteroatoms. The van der Waals surface area contributed by atoms with Gasteiger partial charge in [0.15, 0.2) is 0 Å². The second kappa shape index (κ2) is 26.4. The van der Waals surface area contributed by atoms with E-state index in [4.69, 9.17) is 0 Å². The number of halogens is 6. The summed E-state index contributed by atoms with van der Waals surface area (Å²) in [7, 11) is 0. The smallest absolute Gasteiger partial charge is 0.131 e. The molecule has 0 saturated carbocycles. The molecule has 9 aromatic rings. The highest BCUT2D eigenvalue weighted by atomic mass is 32.1. The lowest BCUT2D eigenvalue weighted by molar-refractivity contribution is 0.558. The summed E-state index contributed by atoms with van der Waals surface area (Å²) in [5, 5.41) is 12.6. The molecule has 3 aromatic heterocycles. The molecule has 0 fully saturated rings. The van der Waals surface area contributed by atoms with Crippen molar-refractivity contribution in [3.63, 3.8) is 0 Å². The Kier molecular flexibility index (Phi) is 20.2. The van der Waals surface area contributed by atoms with Gasteiger partial charge in [-0.25, -0.2) is 41.3 Å². The third-order valence-electron chi connectivity index (χ3n) is 11.7. The van der Waals surface area contributed by atoms with Gasteiger partial charge in [-0.15, -0.1) is 34.0 Å². The lowest BCUT2D eigenvalue weighted by Crippen LogP contribution is -2.05. The van der Waals surface area contributed by atoms with Crippen molar-refractivity contribution >= 4 is 51.1 Å². The van der Waals surface area contributed by atoms with Crippen molar-refractivity contribution in [1.82, 2.24) is 15.0 Å². The first-order valence-corrected chi connectivity index (χ1v) is 26.3. The summed E-state index contributed by atoms with van der Waals surface area (Å²) < 4.78 is 82.3. The molecule has 3 N–H and O–H groups in total. The highest BCUT2D eigenvalue weighted by molar-refractivity contribution is 7.12. The number of thiazole rings is 3. The zero-order valence-corrected chi connectivity index (χ0v) is 44.1. The van der Waals surface area contributed by atoms with Crippen LogP contribution in [-0.2, 0) is 38.9 Å². The van der Waals surface area contributed by atoms with Crippen LogP contribution >= 0.6 is 34.0 Å². The van der Waals surface area contributed by atoms with E-state index < -0.39 is 34.9 Å². The largest absolute Gasteiger partial charge is 0.381 e. The molecule has 0 bridgehead atoms. The van der Waals surface area contributed by atoms with Gasteiger partial charge in [0.05, 0.1) is 32.1 Å². The van der Waals surface area contributed by atoms with Gasteiger partial charge >= 0.3 is 0 Å². The van der Waals surface area contributed by atoms with E-state index in [1.54, 1.807) is 40.9 Å². The van der Waals surface area contributed by atoms with Crippen molar-refractivity contribution in [2.45, 2.75) is 94.8 Å². The molecule has 0 aliphatic heterocycles. The molecule has 0 aliphatic rings. The molecule has 9 rings (SSSR count). The number of hydrogen-bond donors (Lipinski definition) is 3. The molecule has 0 unspecified atom stereocenters. The van der Waals surface area contributed by atoms with Crippen molar-refractivity contribution in [3.05, 3.63) is 208 Å². The van der Waals surface area contributed by atoms with Crippen molar-refractivity contribution in [2.75, 3.05) is 16.0 Å². The van der Waals surface area contributed by atoms with Crippen molar-refractivity contribution in [1.29, 1.82) is 0 Å². The third kappa shape index (κ3) is 14.5. The summed E-state index contributed by atoms with van der Waals surface area (Å²) in [5.74, 6) is -3.19. The van der Waals surface area contributed by atoms with E-state index in [0.717, 1.165) is 85.1 Å². The van der Waals surface area contributed by atoms with Crippen LogP contribution in [0.2, 0.25) is 0 Å². The molecule has 0 saturated heterocycles. The summed E-state index contributed by atoms with van der Waals surface area (Å²) in [6.45, 7) is 14.5. The zero-order chi connectivity index (χ0) is 52.2. The van der Waals surface area contributed by atoms with Gasteiger partial charge in [0.2, 0.25) is 0 Å². The standard InChI is InChI=1S/C20H20F2N2S.2C19H18F2N2S.CH4/c1-4-19-24-20(13(3)25-19)14-5-7-15(8-6-14)23-11-16-17(21)9-12(2)10-18(16)22;2*1-3-18-23-19(12(2)24-18)13-7-9-14(10-8-13)22-11-15-16(20)5-4-6-17(15)21;/h5-10,23H,4,11H2,1-3H3;2*4-10,22H,3,11H2,1-2H3;1H4. The SMILES string of the molecule is C.CCc1nc(-c2ccc(NCc3c(F)cc(C)cc3F)cc2)c(C)s1.CCc1nc(-c2ccc(NCc3c(F)cccc3F)cc2)c(C)s1.CCc1nc(-c2ccc(NCc3c(F)cccc3F)cc2)c(C)s1. The van der Waals surface area contributed by atoms with E-state index in [0.29, 0.717) is 5.56 Å². The minimum absolute atomic E-state index is 0. The molecule has 0 spiro atoms. The molecular formula is C59H60F6N6S3. The molecule has 0 atom stereocenters. The quantitative estimate of drug-likeness (QED) is 0.0889. The van der Waals surface area contributed by atoms with Crippen LogP contribution in [0, 0.1) is 62.6 Å².